The lowest BCUT2D eigenvalue weighted by atomic mass is 10.0. The number of rotatable bonds is 1. The Kier molecular flexibility index (Phi) is 3.30. The first kappa shape index (κ1) is 13.0. The monoisotopic (exact) mass is 270 g/mol. The zero-order valence-corrected chi connectivity index (χ0v) is 9.77. The van der Waals surface area contributed by atoms with Gasteiger partial charge in [-0.25, -0.2) is 0 Å². The highest BCUT2D eigenvalue weighted by molar-refractivity contribution is 7.99. The van der Waals surface area contributed by atoms with E-state index in [-0.39, 0.29) is 12.5 Å². The minimum absolute atomic E-state index is 0.0440. The quantitative estimate of drug-likeness (QED) is 0.713. The minimum Gasteiger partial charge on any atom is -0.379 e. The molecule has 2 atom stereocenters. The van der Waals surface area contributed by atoms with E-state index in [2.05, 4.69) is 5.32 Å². The topological polar surface area (TPSA) is 52.6 Å². The van der Waals surface area contributed by atoms with E-state index in [1.807, 2.05) is 0 Å². The normalized spacial score (nSPS) is 34.4. The summed E-state index contributed by atoms with van der Waals surface area (Å²) < 4.78 is 37.7. The molecule has 2 saturated heterocycles. The zero-order chi connectivity index (χ0) is 12.7. The molecule has 0 radical (unpaired) electrons. The molecule has 0 bridgehead atoms. The second-order valence-corrected chi connectivity index (χ2v) is 5.34. The lowest BCUT2D eigenvalue weighted by Crippen LogP contribution is -2.50. The van der Waals surface area contributed by atoms with Crippen LogP contribution in [0.4, 0.5) is 13.2 Å². The SMILES string of the molecule is O=C([C@H]1CSCN1)N1CC[C@@](O)(C(F)(F)F)C1. The summed E-state index contributed by atoms with van der Waals surface area (Å²) in [6.45, 7) is -0.699. The number of aliphatic hydroxyl groups is 1. The fraction of sp³-hybridized carbons (Fsp3) is 0.889. The van der Waals surface area contributed by atoms with E-state index >= 15 is 0 Å². The van der Waals surface area contributed by atoms with Crippen molar-refractivity contribution in [2.75, 3.05) is 24.7 Å². The summed E-state index contributed by atoms with van der Waals surface area (Å²) in [5, 5.41) is 12.4. The van der Waals surface area contributed by atoms with Gasteiger partial charge in [0, 0.05) is 24.6 Å². The predicted molar refractivity (Wildman–Crippen MR) is 56.5 cm³/mol. The number of nitrogens with zero attached hydrogens (tertiary/aromatic N) is 1. The maximum Gasteiger partial charge on any atom is 0.419 e. The maximum absolute atomic E-state index is 12.6. The summed E-state index contributed by atoms with van der Waals surface area (Å²) in [5.74, 6) is 0.850. The van der Waals surface area contributed by atoms with Gasteiger partial charge in [-0.2, -0.15) is 13.2 Å². The van der Waals surface area contributed by atoms with Crippen molar-refractivity contribution in [1.82, 2.24) is 10.2 Å². The Morgan fingerprint density at radius 1 is 1.53 bits per heavy atom. The Morgan fingerprint density at radius 3 is 2.71 bits per heavy atom. The van der Waals surface area contributed by atoms with Gasteiger partial charge in [-0.3, -0.25) is 10.1 Å². The molecule has 2 N–H and O–H groups in total. The molecule has 8 heteroatoms. The van der Waals surface area contributed by atoms with E-state index in [1.54, 1.807) is 0 Å². The molecule has 0 aromatic heterocycles. The molecule has 98 valence electrons. The Hall–Kier alpha value is -0.470. The van der Waals surface area contributed by atoms with Gasteiger partial charge in [-0.1, -0.05) is 0 Å². The van der Waals surface area contributed by atoms with Gasteiger partial charge >= 0.3 is 6.18 Å². The van der Waals surface area contributed by atoms with E-state index in [9.17, 15) is 23.1 Å². The fourth-order valence-corrected chi connectivity index (χ4v) is 2.92. The van der Waals surface area contributed by atoms with Crippen LogP contribution in [-0.4, -0.2) is 58.5 Å². The molecule has 0 aromatic rings. The first-order valence-electron chi connectivity index (χ1n) is 5.22. The molecule has 0 aliphatic carbocycles. The van der Waals surface area contributed by atoms with Crippen LogP contribution in [0.1, 0.15) is 6.42 Å². The Morgan fingerprint density at radius 2 is 2.24 bits per heavy atom. The molecule has 2 aliphatic rings. The summed E-state index contributed by atoms with van der Waals surface area (Å²) in [4.78, 5) is 12.9. The van der Waals surface area contributed by atoms with Crippen LogP contribution in [0.15, 0.2) is 0 Å². The molecule has 2 rings (SSSR count). The Labute approximate surface area is 101 Å². The fourth-order valence-electron chi connectivity index (χ4n) is 1.99. The predicted octanol–water partition coefficient (Wildman–Crippen LogP) is 0.175. The Bertz CT molecular complexity index is 320. The number of nitrogens with one attached hydrogen (secondary N) is 1. The summed E-state index contributed by atoms with van der Waals surface area (Å²) >= 11 is 1.53. The van der Waals surface area contributed by atoms with E-state index in [0.29, 0.717) is 11.6 Å². The number of hydrogen-bond donors (Lipinski definition) is 2. The summed E-state index contributed by atoms with van der Waals surface area (Å²) in [6, 6.07) is -0.421. The molecule has 17 heavy (non-hydrogen) atoms. The summed E-state index contributed by atoms with van der Waals surface area (Å²) in [7, 11) is 0. The van der Waals surface area contributed by atoms with Crippen molar-refractivity contribution in [2.45, 2.75) is 24.2 Å². The van der Waals surface area contributed by atoms with Gasteiger partial charge < -0.3 is 10.0 Å². The smallest absolute Gasteiger partial charge is 0.379 e. The van der Waals surface area contributed by atoms with Gasteiger partial charge in [0.15, 0.2) is 5.60 Å². The van der Waals surface area contributed by atoms with Crippen molar-refractivity contribution < 1.29 is 23.1 Å². The van der Waals surface area contributed by atoms with Gasteiger partial charge in [-0.15, -0.1) is 11.8 Å². The third-order valence-corrected chi connectivity index (χ3v) is 4.04. The molecule has 2 aliphatic heterocycles. The standard InChI is InChI=1S/C9H13F3N2O2S/c10-9(11,12)8(16)1-2-14(4-8)7(15)6-3-17-5-13-6/h6,13,16H,1-5H2/t6-,8+/m1/s1. The van der Waals surface area contributed by atoms with E-state index in [0.717, 1.165) is 4.90 Å². The maximum atomic E-state index is 12.6. The zero-order valence-electron chi connectivity index (χ0n) is 8.96. The molecule has 4 nitrogen and oxygen atoms in total. The number of carbonyl (C=O) groups excluding carboxylic acids is 1. The molecule has 0 unspecified atom stereocenters. The number of halogens is 3. The van der Waals surface area contributed by atoms with E-state index in [1.165, 1.54) is 11.8 Å². The molecule has 0 saturated carbocycles. The minimum atomic E-state index is -4.68. The van der Waals surface area contributed by atoms with Gasteiger partial charge in [0.25, 0.3) is 0 Å². The highest BCUT2D eigenvalue weighted by Gasteiger charge is 2.58. The van der Waals surface area contributed by atoms with Gasteiger partial charge in [0.2, 0.25) is 5.91 Å². The van der Waals surface area contributed by atoms with E-state index < -0.39 is 30.8 Å². The van der Waals surface area contributed by atoms with Crippen molar-refractivity contribution in [3.8, 4) is 0 Å². The molecule has 2 fully saturated rings. The first-order valence-corrected chi connectivity index (χ1v) is 6.38. The van der Waals surface area contributed by atoms with E-state index in [4.69, 9.17) is 0 Å². The van der Waals surface area contributed by atoms with Crippen LogP contribution in [0.25, 0.3) is 0 Å². The number of likely N-dealkylation sites (tertiary alicyclic amines) is 1. The Balaban J connectivity index is 2.00. The largest absolute Gasteiger partial charge is 0.419 e. The van der Waals surface area contributed by atoms with Crippen LogP contribution in [0.5, 0.6) is 0 Å². The van der Waals surface area contributed by atoms with Crippen molar-refractivity contribution >= 4 is 17.7 Å². The first-order chi connectivity index (χ1) is 7.83. The average molecular weight is 270 g/mol. The summed E-state index contributed by atoms with van der Waals surface area (Å²) in [6.07, 6.45) is -5.12. The number of β-amino-alcohol motifs (C(OH)–C–C–N with tert-alkyl or cyclic N) is 1. The molecule has 2 heterocycles. The van der Waals surface area contributed by atoms with Crippen LogP contribution in [0.3, 0.4) is 0 Å². The van der Waals surface area contributed by atoms with Crippen molar-refractivity contribution in [1.29, 1.82) is 0 Å². The number of thioether (sulfide) groups is 1. The molecule has 0 spiro atoms. The lowest BCUT2D eigenvalue weighted by Gasteiger charge is -2.26. The average Bonchev–Trinajstić information content (AvgIpc) is 2.84. The summed E-state index contributed by atoms with van der Waals surface area (Å²) in [5.41, 5.74) is -2.74. The third kappa shape index (κ3) is 2.38. The van der Waals surface area contributed by atoms with Crippen LogP contribution in [-0.2, 0) is 4.79 Å². The van der Waals surface area contributed by atoms with Crippen LogP contribution in [0, 0.1) is 0 Å². The molecule has 1 amide bonds. The number of alkyl halides is 3. The highest BCUT2D eigenvalue weighted by Crippen LogP contribution is 2.37. The lowest BCUT2D eigenvalue weighted by molar-refractivity contribution is -0.253. The highest BCUT2D eigenvalue weighted by atomic mass is 32.2. The van der Waals surface area contributed by atoms with Crippen molar-refractivity contribution in [2.24, 2.45) is 0 Å². The second kappa shape index (κ2) is 4.33. The van der Waals surface area contributed by atoms with Gasteiger partial charge in [0.1, 0.15) is 0 Å². The van der Waals surface area contributed by atoms with Gasteiger partial charge in [0.05, 0.1) is 12.6 Å². The number of amides is 1. The molecular formula is C9H13F3N2O2S. The molecule has 0 aromatic carbocycles. The third-order valence-electron chi connectivity index (χ3n) is 3.10. The van der Waals surface area contributed by atoms with Crippen LogP contribution < -0.4 is 5.32 Å². The van der Waals surface area contributed by atoms with Gasteiger partial charge in [-0.05, 0) is 0 Å². The van der Waals surface area contributed by atoms with Crippen LogP contribution in [0.2, 0.25) is 0 Å². The van der Waals surface area contributed by atoms with Crippen molar-refractivity contribution in [3.63, 3.8) is 0 Å². The van der Waals surface area contributed by atoms with Crippen LogP contribution >= 0.6 is 11.8 Å². The second-order valence-electron chi connectivity index (χ2n) is 4.31. The number of hydrogen-bond acceptors (Lipinski definition) is 4. The number of carbonyl (C=O) groups is 1. The molecular weight excluding hydrogens is 257 g/mol. The van der Waals surface area contributed by atoms with Crippen molar-refractivity contribution in [3.05, 3.63) is 0 Å².